The second kappa shape index (κ2) is 6.41. The maximum Gasteiger partial charge on any atom is 0.407 e. The number of nitrogens with one attached hydrogen (secondary N) is 2. The number of rotatable bonds is 4. The Morgan fingerprint density at radius 2 is 2.30 bits per heavy atom. The fourth-order valence-corrected chi connectivity index (χ4v) is 2.22. The maximum atomic E-state index is 12.0. The maximum absolute atomic E-state index is 12.0. The predicted molar refractivity (Wildman–Crippen MR) is 76.7 cm³/mol. The van der Waals surface area contributed by atoms with E-state index in [-0.39, 0.29) is 5.91 Å². The number of hydrogen-bond acceptors (Lipinski definition) is 3. The Morgan fingerprint density at radius 1 is 1.50 bits per heavy atom. The van der Waals surface area contributed by atoms with E-state index in [0.29, 0.717) is 13.0 Å². The van der Waals surface area contributed by atoms with Crippen molar-refractivity contribution in [2.24, 2.45) is 0 Å². The minimum atomic E-state index is -0.572. The van der Waals surface area contributed by atoms with Crippen molar-refractivity contribution in [2.75, 3.05) is 11.9 Å². The molecule has 2 amide bonds. The molecule has 5 nitrogen and oxygen atoms in total. The molecule has 2 rings (SSSR count). The van der Waals surface area contributed by atoms with E-state index in [1.165, 1.54) is 0 Å². The molecule has 1 unspecified atom stereocenters. The molecule has 0 radical (unpaired) electrons. The lowest BCUT2D eigenvalue weighted by atomic mass is 9.95. The van der Waals surface area contributed by atoms with E-state index in [1.807, 2.05) is 32.0 Å². The van der Waals surface area contributed by atoms with Crippen LogP contribution in [0.4, 0.5) is 10.5 Å². The van der Waals surface area contributed by atoms with Crippen LogP contribution < -0.4 is 10.6 Å². The van der Waals surface area contributed by atoms with Gasteiger partial charge in [-0.3, -0.25) is 4.79 Å². The number of aryl methyl sites for hydroxylation is 1. The van der Waals surface area contributed by atoms with Crippen molar-refractivity contribution in [1.29, 1.82) is 0 Å². The van der Waals surface area contributed by atoms with Crippen LogP contribution in [0.2, 0.25) is 0 Å². The minimum absolute atomic E-state index is 0.199. The van der Waals surface area contributed by atoms with Crippen molar-refractivity contribution in [1.82, 2.24) is 5.32 Å². The van der Waals surface area contributed by atoms with E-state index in [4.69, 9.17) is 4.74 Å². The number of alkyl carbamates (subject to hydrolysis) is 1. The smallest absolute Gasteiger partial charge is 0.407 e. The first kappa shape index (κ1) is 14.4. The Kier molecular flexibility index (Phi) is 4.61. The summed E-state index contributed by atoms with van der Waals surface area (Å²) in [6.07, 6.45) is 1.75. The predicted octanol–water partition coefficient (Wildman–Crippen LogP) is 2.38. The Hall–Kier alpha value is -2.04. The number of carbonyl (C=O) groups excluding carboxylic acids is 2. The van der Waals surface area contributed by atoms with Gasteiger partial charge in [-0.2, -0.15) is 0 Å². The van der Waals surface area contributed by atoms with Crippen LogP contribution in [0.1, 0.15) is 30.9 Å². The first-order valence-corrected chi connectivity index (χ1v) is 6.94. The topological polar surface area (TPSA) is 67.4 Å². The zero-order valence-electron chi connectivity index (χ0n) is 11.9. The molecule has 1 aromatic carbocycles. The van der Waals surface area contributed by atoms with Crippen LogP contribution in [-0.4, -0.2) is 24.6 Å². The standard InChI is InChI=1S/C15H20N2O3/c1-3-4-8-20-15(19)17-13-9-11-10(2)6-5-7-12(11)16-14(13)18/h5-7,13H,3-4,8-9H2,1-2H3,(H,16,18)(H,17,19). The highest BCUT2D eigenvalue weighted by molar-refractivity contribution is 5.99. The molecule has 2 N–H and O–H groups in total. The monoisotopic (exact) mass is 276 g/mol. The summed E-state index contributed by atoms with van der Waals surface area (Å²) in [6.45, 7) is 4.40. The third-order valence-corrected chi connectivity index (χ3v) is 3.42. The first-order valence-electron chi connectivity index (χ1n) is 6.94. The van der Waals surface area contributed by atoms with Crippen LogP contribution in [0.5, 0.6) is 0 Å². The number of ether oxygens (including phenoxy) is 1. The second-order valence-corrected chi connectivity index (χ2v) is 4.98. The molecule has 1 heterocycles. The largest absolute Gasteiger partial charge is 0.450 e. The fraction of sp³-hybridized carbons (Fsp3) is 0.467. The Labute approximate surface area is 118 Å². The van der Waals surface area contributed by atoms with Crippen molar-refractivity contribution in [3.63, 3.8) is 0 Å². The summed E-state index contributed by atoms with van der Waals surface area (Å²) < 4.78 is 5.02. The zero-order chi connectivity index (χ0) is 14.5. The summed E-state index contributed by atoms with van der Waals surface area (Å²) in [6, 6.07) is 5.20. The zero-order valence-corrected chi connectivity index (χ0v) is 11.9. The van der Waals surface area contributed by atoms with Gasteiger partial charge in [0.1, 0.15) is 6.04 Å². The van der Waals surface area contributed by atoms with Gasteiger partial charge in [0.05, 0.1) is 6.61 Å². The van der Waals surface area contributed by atoms with Crippen molar-refractivity contribution in [3.05, 3.63) is 29.3 Å². The number of benzene rings is 1. The van der Waals surface area contributed by atoms with Gasteiger partial charge in [0.25, 0.3) is 0 Å². The highest BCUT2D eigenvalue weighted by Gasteiger charge is 2.28. The fourth-order valence-electron chi connectivity index (χ4n) is 2.22. The molecular formula is C15H20N2O3. The molecule has 1 aliphatic rings. The van der Waals surface area contributed by atoms with Gasteiger partial charge in [0.2, 0.25) is 5.91 Å². The number of anilines is 1. The molecule has 0 saturated heterocycles. The summed E-state index contributed by atoms with van der Waals surface area (Å²) in [5.41, 5.74) is 2.99. The van der Waals surface area contributed by atoms with Gasteiger partial charge in [-0.1, -0.05) is 25.5 Å². The summed E-state index contributed by atoms with van der Waals surface area (Å²) in [4.78, 5) is 23.6. The van der Waals surface area contributed by atoms with Gasteiger partial charge in [0, 0.05) is 12.1 Å². The molecule has 0 bridgehead atoms. The molecule has 1 atom stereocenters. The Morgan fingerprint density at radius 3 is 3.05 bits per heavy atom. The molecule has 0 spiro atoms. The molecule has 0 aromatic heterocycles. The van der Waals surface area contributed by atoms with E-state index in [2.05, 4.69) is 10.6 Å². The van der Waals surface area contributed by atoms with Gasteiger partial charge in [-0.25, -0.2) is 4.79 Å². The Balaban J connectivity index is 1.99. The Bertz CT molecular complexity index is 514. The normalized spacial score (nSPS) is 17.1. The highest BCUT2D eigenvalue weighted by Crippen LogP contribution is 2.25. The van der Waals surface area contributed by atoms with Crippen molar-refractivity contribution < 1.29 is 14.3 Å². The third kappa shape index (κ3) is 3.29. The second-order valence-electron chi connectivity index (χ2n) is 4.98. The van der Waals surface area contributed by atoms with Gasteiger partial charge < -0.3 is 15.4 Å². The van der Waals surface area contributed by atoms with Crippen LogP contribution in [0.25, 0.3) is 0 Å². The average molecular weight is 276 g/mol. The molecule has 5 heteroatoms. The van der Waals surface area contributed by atoms with Crippen molar-refractivity contribution in [3.8, 4) is 0 Å². The molecule has 0 fully saturated rings. The minimum Gasteiger partial charge on any atom is -0.450 e. The van der Waals surface area contributed by atoms with E-state index >= 15 is 0 Å². The number of carbonyl (C=O) groups is 2. The molecular weight excluding hydrogens is 256 g/mol. The molecule has 20 heavy (non-hydrogen) atoms. The lowest BCUT2D eigenvalue weighted by molar-refractivity contribution is -0.118. The molecule has 1 aliphatic heterocycles. The lowest BCUT2D eigenvalue weighted by Crippen LogP contribution is -2.48. The van der Waals surface area contributed by atoms with Gasteiger partial charge in [-0.15, -0.1) is 0 Å². The van der Waals surface area contributed by atoms with Crippen molar-refractivity contribution >= 4 is 17.7 Å². The SMILES string of the molecule is CCCCOC(=O)NC1Cc2c(C)cccc2NC1=O. The number of amides is 2. The number of unbranched alkanes of at least 4 members (excludes halogenated alkanes) is 1. The quantitative estimate of drug-likeness (QED) is 0.830. The highest BCUT2D eigenvalue weighted by atomic mass is 16.5. The molecule has 0 aliphatic carbocycles. The van der Waals surface area contributed by atoms with Crippen LogP contribution in [0.15, 0.2) is 18.2 Å². The summed E-state index contributed by atoms with van der Waals surface area (Å²) in [5.74, 6) is -0.199. The molecule has 0 saturated carbocycles. The number of hydrogen-bond donors (Lipinski definition) is 2. The number of fused-ring (bicyclic) bond motifs is 1. The van der Waals surface area contributed by atoms with Crippen LogP contribution in [-0.2, 0) is 16.0 Å². The first-order chi connectivity index (χ1) is 9.61. The summed E-state index contributed by atoms with van der Waals surface area (Å²) in [5, 5.41) is 5.44. The van der Waals surface area contributed by atoms with E-state index < -0.39 is 12.1 Å². The van der Waals surface area contributed by atoms with E-state index in [9.17, 15) is 9.59 Å². The van der Waals surface area contributed by atoms with Gasteiger partial charge in [0.15, 0.2) is 0 Å². The van der Waals surface area contributed by atoms with Crippen LogP contribution in [0, 0.1) is 6.92 Å². The van der Waals surface area contributed by atoms with Crippen LogP contribution in [0.3, 0.4) is 0 Å². The van der Waals surface area contributed by atoms with E-state index in [0.717, 1.165) is 29.7 Å². The lowest BCUT2D eigenvalue weighted by Gasteiger charge is -2.26. The summed E-state index contributed by atoms with van der Waals surface area (Å²) in [7, 11) is 0. The van der Waals surface area contributed by atoms with Gasteiger partial charge >= 0.3 is 6.09 Å². The summed E-state index contributed by atoms with van der Waals surface area (Å²) >= 11 is 0. The van der Waals surface area contributed by atoms with Gasteiger partial charge in [-0.05, 0) is 30.5 Å². The van der Waals surface area contributed by atoms with Crippen molar-refractivity contribution in [2.45, 2.75) is 39.2 Å². The third-order valence-electron chi connectivity index (χ3n) is 3.42. The molecule has 108 valence electrons. The average Bonchev–Trinajstić information content (AvgIpc) is 2.41. The van der Waals surface area contributed by atoms with E-state index in [1.54, 1.807) is 0 Å². The van der Waals surface area contributed by atoms with Crippen LogP contribution >= 0.6 is 0 Å². The molecule has 1 aromatic rings.